The molecule has 0 aliphatic heterocycles. The Bertz CT molecular complexity index is 576. The lowest BCUT2D eigenvalue weighted by Gasteiger charge is -2.17. The molecule has 0 aromatic heterocycles. The number of hydrogen-bond donors (Lipinski definition) is 1. The number of nitrogens with zero attached hydrogens (tertiary/aromatic N) is 2. The van der Waals surface area contributed by atoms with E-state index in [9.17, 15) is 13.5 Å². The van der Waals surface area contributed by atoms with Gasteiger partial charge in [0.2, 0.25) is 0 Å². The van der Waals surface area contributed by atoms with Gasteiger partial charge in [-0.15, -0.1) is 0 Å². The van der Waals surface area contributed by atoms with Crippen molar-refractivity contribution in [3.63, 3.8) is 0 Å². The molecule has 1 aromatic rings. The van der Waals surface area contributed by atoms with Crippen LogP contribution >= 0.6 is 0 Å². The summed E-state index contributed by atoms with van der Waals surface area (Å²) in [4.78, 5) is 2.05. The highest BCUT2D eigenvalue weighted by atomic mass is 32.2. The molecule has 0 amide bonds. The molecule has 6 heteroatoms. The fourth-order valence-electron chi connectivity index (χ4n) is 1.67. The molecule has 20 heavy (non-hydrogen) atoms. The molecular formula is C14H20N2O3S. The minimum absolute atomic E-state index is 0.00179. The molecule has 0 radical (unpaired) electrons. The van der Waals surface area contributed by atoms with Gasteiger partial charge in [-0.1, -0.05) is 6.07 Å². The Morgan fingerprint density at radius 1 is 1.40 bits per heavy atom. The smallest absolute Gasteiger partial charge is 0.179 e. The molecule has 5 nitrogen and oxygen atoms in total. The summed E-state index contributed by atoms with van der Waals surface area (Å²) in [7, 11) is -1.56. The molecule has 0 heterocycles. The second-order valence-corrected chi connectivity index (χ2v) is 7.01. The van der Waals surface area contributed by atoms with Gasteiger partial charge in [-0.3, -0.25) is 0 Å². The lowest BCUT2D eigenvalue weighted by atomic mass is 10.2. The molecule has 0 aliphatic rings. The zero-order chi connectivity index (χ0) is 15.2. The van der Waals surface area contributed by atoms with Gasteiger partial charge >= 0.3 is 0 Å². The first-order valence-corrected chi connectivity index (χ1v) is 8.10. The van der Waals surface area contributed by atoms with Crippen molar-refractivity contribution in [2.45, 2.75) is 24.3 Å². The summed E-state index contributed by atoms with van der Waals surface area (Å²) in [6.45, 7) is 2.75. The van der Waals surface area contributed by atoms with Crippen molar-refractivity contribution in [2.24, 2.45) is 0 Å². The van der Waals surface area contributed by atoms with E-state index in [1.807, 2.05) is 18.0 Å². The fourth-order valence-corrected chi connectivity index (χ4v) is 3.05. The van der Waals surface area contributed by atoms with E-state index in [0.29, 0.717) is 25.1 Å². The molecule has 0 saturated carbocycles. The van der Waals surface area contributed by atoms with Gasteiger partial charge in [-0.2, -0.15) is 5.26 Å². The third-order valence-corrected chi connectivity index (χ3v) is 4.68. The first-order chi connectivity index (χ1) is 9.35. The summed E-state index contributed by atoms with van der Waals surface area (Å²) in [6, 6.07) is 7.98. The van der Waals surface area contributed by atoms with Crippen LogP contribution in [0.25, 0.3) is 0 Å². The highest BCUT2D eigenvalue weighted by Crippen LogP contribution is 2.13. The van der Waals surface area contributed by atoms with E-state index < -0.39 is 9.84 Å². The second-order valence-electron chi connectivity index (χ2n) is 4.90. The molecule has 1 rings (SSSR count). The molecule has 110 valence electrons. The number of rotatable bonds is 7. The van der Waals surface area contributed by atoms with Gasteiger partial charge in [0.15, 0.2) is 9.84 Å². The molecule has 1 atom stereocenters. The number of sulfone groups is 1. The number of nitriles is 1. The van der Waals surface area contributed by atoms with Crippen molar-refractivity contribution in [3.8, 4) is 6.07 Å². The standard InChI is InChI=1S/C14H20N2O3S/c1-12(17)6-7-16(2)8-9-20(18,19)14-5-3-4-13(10-14)11-15/h3-5,10,12,17H,6-9H2,1-2H3. The normalized spacial score (nSPS) is 13.2. The predicted molar refractivity (Wildman–Crippen MR) is 77.0 cm³/mol. The summed E-state index contributed by atoms with van der Waals surface area (Å²) in [6.07, 6.45) is 0.224. The average Bonchev–Trinajstić information content (AvgIpc) is 2.43. The second kappa shape index (κ2) is 7.39. The van der Waals surface area contributed by atoms with Crippen LogP contribution in [-0.2, 0) is 9.84 Å². The van der Waals surface area contributed by atoms with Crippen LogP contribution in [0.2, 0.25) is 0 Å². The topological polar surface area (TPSA) is 81.4 Å². The van der Waals surface area contributed by atoms with Crippen LogP contribution in [-0.4, -0.2) is 50.4 Å². The number of benzene rings is 1. The van der Waals surface area contributed by atoms with Gasteiger partial charge in [0.25, 0.3) is 0 Å². The monoisotopic (exact) mass is 296 g/mol. The minimum Gasteiger partial charge on any atom is -0.393 e. The molecule has 0 aliphatic carbocycles. The number of hydrogen-bond acceptors (Lipinski definition) is 5. The lowest BCUT2D eigenvalue weighted by molar-refractivity contribution is 0.166. The van der Waals surface area contributed by atoms with E-state index in [2.05, 4.69) is 0 Å². The molecule has 1 N–H and O–H groups in total. The molecule has 1 unspecified atom stereocenters. The van der Waals surface area contributed by atoms with Crippen molar-refractivity contribution < 1.29 is 13.5 Å². The van der Waals surface area contributed by atoms with Crippen molar-refractivity contribution in [2.75, 3.05) is 25.9 Å². The van der Waals surface area contributed by atoms with Crippen LogP contribution in [0.4, 0.5) is 0 Å². The van der Waals surface area contributed by atoms with Crippen molar-refractivity contribution >= 4 is 9.84 Å². The Kier molecular flexibility index (Phi) is 6.14. The third-order valence-electron chi connectivity index (χ3n) is 2.99. The highest BCUT2D eigenvalue weighted by molar-refractivity contribution is 7.91. The maximum absolute atomic E-state index is 12.2. The number of aliphatic hydroxyl groups is 1. The van der Waals surface area contributed by atoms with Gasteiger partial charge in [0.05, 0.1) is 28.4 Å². The first kappa shape index (κ1) is 16.6. The van der Waals surface area contributed by atoms with Crippen LogP contribution in [0.3, 0.4) is 0 Å². The Balaban J connectivity index is 2.64. The zero-order valence-corrected chi connectivity index (χ0v) is 12.6. The maximum atomic E-state index is 12.2. The Morgan fingerprint density at radius 3 is 2.70 bits per heavy atom. The summed E-state index contributed by atoms with van der Waals surface area (Å²) in [5.41, 5.74) is 0.341. The number of aliphatic hydroxyl groups excluding tert-OH is 1. The van der Waals surface area contributed by atoms with Crippen LogP contribution in [0.5, 0.6) is 0 Å². The average molecular weight is 296 g/mol. The van der Waals surface area contributed by atoms with E-state index in [4.69, 9.17) is 5.26 Å². The van der Waals surface area contributed by atoms with Crippen molar-refractivity contribution in [1.29, 1.82) is 5.26 Å². The Hall–Kier alpha value is -1.42. The molecule has 0 spiro atoms. The molecule has 0 bridgehead atoms. The fraction of sp³-hybridized carbons (Fsp3) is 0.500. The SMILES string of the molecule is CC(O)CCN(C)CCS(=O)(=O)c1cccc(C#N)c1. The zero-order valence-electron chi connectivity index (χ0n) is 11.8. The van der Waals surface area contributed by atoms with Gasteiger partial charge in [0, 0.05) is 13.1 Å². The Morgan fingerprint density at radius 2 is 2.10 bits per heavy atom. The minimum atomic E-state index is -3.38. The van der Waals surface area contributed by atoms with Crippen molar-refractivity contribution in [1.82, 2.24) is 4.90 Å². The molecule has 1 aromatic carbocycles. The molecular weight excluding hydrogens is 276 g/mol. The quantitative estimate of drug-likeness (QED) is 0.813. The van der Waals surface area contributed by atoms with E-state index >= 15 is 0 Å². The van der Waals surface area contributed by atoms with Crippen LogP contribution < -0.4 is 0 Å². The maximum Gasteiger partial charge on any atom is 0.179 e. The van der Waals surface area contributed by atoms with Crippen LogP contribution in [0, 0.1) is 11.3 Å². The Labute approximate surface area is 120 Å². The highest BCUT2D eigenvalue weighted by Gasteiger charge is 2.16. The van der Waals surface area contributed by atoms with Gasteiger partial charge < -0.3 is 10.0 Å². The van der Waals surface area contributed by atoms with E-state index in [1.165, 1.54) is 12.1 Å². The summed E-state index contributed by atoms with van der Waals surface area (Å²) < 4.78 is 24.3. The molecule has 0 saturated heterocycles. The summed E-state index contributed by atoms with van der Waals surface area (Å²) in [5, 5.41) is 18.0. The van der Waals surface area contributed by atoms with Crippen LogP contribution in [0.1, 0.15) is 18.9 Å². The predicted octanol–water partition coefficient (Wildman–Crippen LogP) is 1.03. The van der Waals surface area contributed by atoms with Gasteiger partial charge in [-0.05, 0) is 38.6 Å². The lowest BCUT2D eigenvalue weighted by Crippen LogP contribution is -2.28. The third kappa shape index (κ3) is 5.29. The van der Waals surface area contributed by atoms with Gasteiger partial charge in [-0.25, -0.2) is 8.42 Å². The van der Waals surface area contributed by atoms with Crippen molar-refractivity contribution in [3.05, 3.63) is 29.8 Å². The summed E-state index contributed by atoms with van der Waals surface area (Å²) >= 11 is 0. The largest absolute Gasteiger partial charge is 0.393 e. The van der Waals surface area contributed by atoms with E-state index in [-0.39, 0.29) is 16.8 Å². The van der Waals surface area contributed by atoms with Gasteiger partial charge in [0.1, 0.15) is 0 Å². The first-order valence-electron chi connectivity index (χ1n) is 6.44. The van der Waals surface area contributed by atoms with E-state index in [1.54, 1.807) is 19.1 Å². The summed E-state index contributed by atoms with van der Waals surface area (Å²) in [5.74, 6) is -0.00179. The molecule has 0 fully saturated rings. The van der Waals surface area contributed by atoms with Crippen LogP contribution in [0.15, 0.2) is 29.2 Å². The van der Waals surface area contributed by atoms with E-state index in [0.717, 1.165) is 0 Å².